The molecule has 0 N–H and O–H groups in total. The van der Waals surface area contributed by atoms with E-state index >= 15 is 0 Å². The second kappa shape index (κ2) is 10.8. The molecule has 1 heterocycles. The van der Waals surface area contributed by atoms with Gasteiger partial charge in [0.15, 0.2) is 0 Å². The van der Waals surface area contributed by atoms with Gasteiger partial charge in [0.2, 0.25) is 0 Å². The molecule has 1 aliphatic heterocycles. The molecule has 0 bridgehead atoms. The Morgan fingerprint density at radius 3 is 1.71 bits per heavy atom. The number of rotatable bonds is 8. The molecule has 1 fully saturated rings. The first-order chi connectivity index (χ1) is 19.4. The van der Waals surface area contributed by atoms with Crippen molar-refractivity contribution in [1.82, 2.24) is 0 Å². The molecule has 0 amide bonds. The molecule has 3 unspecified atom stereocenters. The van der Waals surface area contributed by atoms with Crippen molar-refractivity contribution in [2.24, 2.45) is 23.7 Å². The molecule has 226 valence electrons. The Hall–Kier alpha value is -1.06. The fourth-order valence-corrected chi connectivity index (χ4v) is 19.7. The number of hydrogen-bond donors (Lipinski definition) is 0. The van der Waals surface area contributed by atoms with Crippen LogP contribution >= 0.6 is 0 Å². The van der Waals surface area contributed by atoms with Gasteiger partial charge in [0.25, 0.3) is 0 Å². The van der Waals surface area contributed by atoms with Crippen LogP contribution in [-0.2, 0) is 5.41 Å². The summed E-state index contributed by atoms with van der Waals surface area (Å²) in [5, 5.41) is 1.92. The second-order valence-electron chi connectivity index (χ2n) is 16.7. The van der Waals surface area contributed by atoms with Crippen LogP contribution in [0.25, 0.3) is 11.1 Å². The molecule has 0 saturated heterocycles. The van der Waals surface area contributed by atoms with Gasteiger partial charge >= 0.3 is 272 Å². The fourth-order valence-electron chi connectivity index (χ4n) is 9.22. The summed E-state index contributed by atoms with van der Waals surface area (Å²) in [6.45, 7) is 37.4. The maximum absolute atomic E-state index is 2.74. The van der Waals surface area contributed by atoms with E-state index in [1.807, 2.05) is 8.78 Å². The molecule has 2 aromatic rings. The average molecular weight is 686 g/mol. The van der Waals surface area contributed by atoms with Gasteiger partial charge in [0.05, 0.1) is 0 Å². The van der Waals surface area contributed by atoms with Crippen molar-refractivity contribution in [2.75, 3.05) is 0 Å². The predicted molar refractivity (Wildman–Crippen MR) is 190 cm³/mol. The van der Waals surface area contributed by atoms with Gasteiger partial charge in [-0.3, -0.25) is 0 Å². The van der Waals surface area contributed by atoms with Crippen LogP contribution < -0.4 is 3.58 Å². The van der Waals surface area contributed by atoms with Crippen LogP contribution in [0.5, 0.6) is 0 Å². The first-order valence-corrected chi connectivity index (χ1v) is 23.4. The first kappa shape index (κ1) is 32.3. The van der Waals surface area contributed by atoms with Crippen LogP contribution in [0.2, 0.25) is 23.1 Å². The van der Waals surface area contributed by atoms with Gasteiger partial charge in [0.1, 0.15) is 0 Å². The monoisotopic (exact) mass is 686 g/mol. The number of hydrogen-bond acceptors (Lipinski definition) is 0. The van der Waals surface area contributed by atoms with E-state index < -0.39 is 29.2 Å². The van der Waals surface area contributed by atoms with E-state index in [4.69, 9.17) is 0 Å². The Morgan fingerprint density at radius 1 is 0.714 bits per heavy atom. The Bertz CT molecular complexity index is 1430. The minimum absolute atomic E-state index is 0.241. The zero-order valence-electron chi connectivity index (χ0n) is 29.5. The van der Waals surface area contributed by atoms with Crippen LogP contribution in [0.1, 0.15) is 123 Å². The van der Waals surface area contributed by atoms with Gasteiger partial charge in [-0.1, -0.05) is 0 Å². The van der Waals surface area contributed by atoms with Crippen LogP contribution in [0.3, 0.4) is 0 Å². The summed E-state index contributed by atoms with van der Waals surface area (Å²) in [5.41, 5.74) is 13.3. The summed E-state index contributed by atoms with van der Waals surface area (Å²) in [5.74, 6) is 4.17. The molecule has 3 atom stereocenters. The zero-order chi connectivity index (χ0) is 31.3. The Balaban J connectivity index is 1.90. The third-order valence-electron chi connectivity index (χ3n) is 11.0. The molecule has 0 aromatic heterocycles. The summed E-state index contributed by atoms with van der Waals surface area (Å²) in [4.78, 5) is 0. The van der Waals surface area contributed by atoms with E-state index in [1.165, 1.54) is 5.56 Å². The summed E-state index contributed by atoms with van der Waals surface area (Å²) in [6, 6.07) is 12.8. The van der Waals surface area contributed by atoms with E-state index in [1.54, 1.807) is 39.0 Å². The minimum atomic E-state index is -1.64. The maximum atomic E-state index is 2.74. The van der Waals surface area contributed by atoms with E-state index in [0.29, 0.717) is 38.9 Å². The van der Waals surface area contributed by atoms with Gasteiger partial charge in [0, 0.05) is 0 Å². The molecule has 1 saturated carbocycles. The van der Waals surface area contributed by atoms with Crippen molar-refractivity contribution in [3.05, 3.63) is 75.0 Å². The second-order valence-corrected chi connectivity index (χ2v) is 26.2. The Morgan fingerprint density at radius 2 is 1.29 bits per heavy atom. The van der Waals surface area contributed by atoms with Crippen molar-refractivity contribution in [1.29, 1.82) is 0 Å². The van der Waals surface area contributed by atoms with E-state index in [0.717, 1.165) is 5.92 Å². The zero-order valence-corrected chi connectivity index (χ0v) is 33.4. The van der Waals surface area contributed by atoms with Crippen molar-refractivity contribution >= 4 is 32.8 Å². The van der Waals surface area contributed by atoms with Gasteiger partial charge in [-0.2, -0.15) is 0 Å². The SMILES string of the molecule is CC(C)C1=CC(C(C)C)=C([Si](C)(C)C)C23c4cccc(-c5c(C(C)C)cc(C(C)C)cc5C(C)C)[c]4[Sn][C]2(C(C)C)C13. The van der Waals surface area contributed by atoms with E-state index in [2.05, 4.69) is 139 Å². The normalized spacial score (nSPS) is 25.3. The van der Waals surface area contributed by atoms with E-state index in [9.17, 15) is 0 Å². The van der Waals surface area contributed by atoms with Gasteiger partial charge < -0.3 is 0 Å². The van der Waals surface area contributed by atoms with Crippen LogP contribution in [-0.4, -0.2) is 29.2 Å². The topological polar surface area (TPSA) is 0 Å². The first-order valence-electron chi connectivity index (χ1n) is 17.0. The van der Waals surface area contributed by atoms with Gasteiger partial charge in [-0.25, -0.2) is 0 Å². The summed E-state index contributed by atoms with van der Waals surface area (Å²) in [6.07, 6.45) is 2.74. The third kappa shape index (κ3) is 4.39. The summed E-state index contributed by atoms with van der Waals surface area (Å²) in [7, 11) is -1.64. The molecule has 2 aromatic carbocycles. The van der Waals surface area contributed by atoms with Crippen LogP contribution in [0.15, 0.2) is 52.8 Å². The quantitative estimate of drug-likeness (QED) is 0.243. The molecule has 42 heavy (non-hydrogen) atoms. The number of benzene rings is 2. The van der Waals surface area contributed by atoms with Crippen molar-refractivity contribution in [3.8, 4) is 11.1 Å². The van der Waals surface area contributed by atoms with Crippen LogP contribution in [0.4, 0.5) is 0 Å². The number of allylic oxidation sites excluding steroid dienone is 4. The number of fused-ring (bicyclic) bond motifs is 2. The van der Waals surface area contributed by atoms with Crippen molar-refractivity contribution in [2.45, 2.75) is 129 Å². The third-order valence-corrected chi connectivity index (χ3v) is 20.2. The van der Waals surface area contributed by atoms with Gasteiger partial charge in [-0.05, 0) is 0 Å². The standard InChI is InChI=1S/C40H58Si.Sn/c1-23(2)30-20-32(24(3)4)36(33(21-30)25(5)6)29-17-16-18-31(19-29)40-37(28(11)12)38(40)34(26(7)8)22-35(27(9)10)39(40)41(13,14)15;/h16-18,20-28,38H,1-15H3;. The van der Waals surface area contributed by atoms with E-state index in [-0.39, 0.29) is 5.41 Å². The molecule has 2 radical (unpaired) electrons. The van der Waals surface area contributed by atoms with Gasteiger partial charge in [-0.15, -0.1) is 0 Å². The fraction of sp³-hybridized carbons (Fsp3) is 0.600. The molecule has 2 aliphatic carbocycles. The molecular weight excluding hydrogens is 627 g/mol. The Labute approximate surface area is 270 Å². The van der Waals surface area contributed by atoms with Crippen LogP contribution in [0, 0.1) is 23.7 Å². The summed E-state index contributed by atoms with van der Waals surface area (Å²) < 4.78 is 2.29. The predicted octanol–water partition coefficient (Wildman–Crippen LogP) is 11.2. The molecule has 0 nitrogen and oxygen atoms in total. The molecule has 5 rings (SSSR count). The Kier molecular flexibility index (Phi) is 8.30. The molecule has 3 aliphatic rings. The summed E-state index contributed by atoms with van der Waals surface area (Å²) >= 11 is -0.986. The molecule has 1 spiro atoms. The molecular formula is C40H58SiSn. The molecule has 2 heteroatoms. The average Bonchev–Trinajstić information content (AvgIpc) is 3.38. The van der Waals surface area contributed by atoms with Crippen molar-refractivity contribution < 1.29 is 0 Å². The van der Waals surface area contributed by atoms with Crippen molar-refractivity contribution in [3.63, 3.8) is 0 Å².